The van der Waals surface area contributed by atoms with E-state index in [0.29, 0.717) is 5.56 Å². The second kappa shape index (κ2) is 4.08. The predicted molar refractivity (Wildman–Crippen MR) is 52.7 cm³/mol. The summed E-state index contributed by atoms with van der Waals surface area (Å²) < 4.78 is 1.69. The monoisotopic (exact) mass is 199 g/mol. The van der Waals surface area contributed by atoms with E-state index >= 15 is 0 Å². The Balaban J connectivity index is 3.05. The zero-order valence-electron chi connectivity index (χ0n) is 8.73. The highest BCUT2D eigenvalue weighted by atomic mass is 16.3. The van der Waals surface area contributed by atoms with Gasteiger partial charge in [0, 0.05) is 18.3 Å². The summed E-state index contributed by atoms with van der Waals surface area (Å²) >= 11 is 0. The van der Waals surface area contributed by atoms with Gasteiger partial charge in [0.15, 0.2) is 0 Å². The first-order chi connectivity index (χ1) is 6.49. The number of nitrogens with zero attached hydrogens (tertiary/aromatic N) is 2. The second-order valence-electron chi connectivity index (χ2n) is 3.50. The first kappa shape index (κ1) is 11.2. The molecule has 0 aliphatic carbocycles. The van der Waals surface area contributed by atoms with Crippen molar-refractivity contribution in [2.45, 2.75) is 26.0 Å². The Morgan fingerprint density at radius 1 is 1.50 bits per heavy atom. The molecule has 0 fully saturated rings. The molecule has 0 aliphatic heterocycles. The van der Waals surface area contributed by atoms with E-state index in [1.165, 1.54) is 0 Å². The van der Waals surface area contributed by atoms with Crippen molar-refractivity contribution < 1.29 is 10.2 Å². The van der Waals surface area contributed by atoms with Gasteiger partial charge in [-0.3, -0.25) is 4.68 Å². The summed E-state index contributed by atoms with van der Waals surface area (Å²) in [5.41, 5.74) is 7.90. The van der Waals surface area contributed by atoms with E-state index in [9.17, 15) is 5.11 Å². The van der Waals surface area contributed by atoms with E-state index in [-0.39, 0.29) is 6.61 Å². The third-order valence-electron chi connectivity index (χ3n) is 2.48. The van der Waals surface area contributed by atoms with Crippen LogP contribution in [0.1, 0.15) is 23.1 Å². The molecule has 0 aromatic carbocycles. The van der Waals surface area contributed by atoms with Crippen molar-refractivity contribution in [1.82, 2.24) is 9.78 Å². The maximum absolute atomic E-state index is 9.83. The molecule has 0 saturated carbocycles. The summed E-state index contributed by atoms with van der Waals surface area (Å²) in [5.74, 6) is 0. The normalized spacial score (nSPS) is 15.6. The van der Waals surface area contributed by atoms with Crippen LogP contribution in [-0.2, 0) is 7.05 Å². The van der Waals surface area contributed by atoms with Crippen LogP contribution in [0.5, 0.6) is 0 Å². The Morgan fingerprint density at radius 3 is 2.43 bits per heavy atom. The van der Waals surface area contributed by atoms with Gasteiger partial charge < -0.3 is 15.9 Å². The largest absolute Gasteiger partial charge is 0.395 e. The number of aryl methyl sites for hydroxylation is 2. The number of rotatable bonds is 3. The molecule has 0 bridgehead atoms. The number of aliphatic hydroxyl groups is 2. The third kappa shape index (κ3) is 1.79. The van der Waals surface area contributed by atoms with Gasteiger partial charge in [0.25, 0.3) is 0 Å². The Kier molecular flexibility index (Phi) is 3.25. The highest BCUT2D eigenvalue weighted by Crippen LogP contribution is 2.22. The van der Waals surface area contributed by atoms with Gasteiger partial charge >= 0.3 is 0 Å². The lowest BCUT2D eigenvalue weighted by atomic mass is 10.0. The van der Waals surface area contributed by atoms with Gasteiger partial charge in [0.2, 0.25) is 0 Å². The van der Waals surface area contributed by atoms with Gasteiger partial charge in [-0.05, 0) is 13.8 Å². The highest BCUT2D eigenvalue weighted by Gasteiger charge is 2.22. The number of hydrogen-bond acceptors (Lipinski definition) is 4. The fourth-order valence-corrected chi connectivity index (χ4v) is 1.53. The van der Waals surface area contributed by atoms with Crippen molar-refractivity contribution in [1.29, 1.82) is 0 Å². The summed E-state index contributed by atoms with van der Waals surface area (Å²) in [6, 6.07) is -0.656. The molecule has 1 aromatic heterocycles. The smallest absolute Gasteiger partial charge is 0.0998 e. The van der Waals surface area contributed by atoms with Gasteiger partial charge in [-0.2, -0.15) is 5.10 Å². The van der Waals surface area contributed by atoms with Crippen LogP contribution >= 0.6 is 0 Å². The van der Waals surface area contributed by atoms with Crippen LogP contribution in [-0.4, -0.2) is 32.6 Å². The van der Waals surface area contributed by atoms with Gasteiger partial charge in [0.05, 0.1) is 24.4 Å². The molecule has 14 heavy (non-hydrogen) atoms. The highest BCUT2D eigenvalue weighted by molar-refractivity contribution is 5.27. The lowest BCUT2D eigenvalue weighted by Crippen LogP contribution is -2.32. The zero-order valence-corrected chi connectivity index (χ0v) is 8.73. The van der Waals surface area contributed by atoms with Crippen LogP contribution in [0.4, 0.5) is 0 Å². The van der Waals surface area contributed by atoms with E-state index in [0.717, 1.165) is 11.4 Å². The Hall–Kier alpha value is -0.910. The van der Waals surface area contributed by atoms with Crippen LogP contribution in [0, 0.1) is 13.8 Å². The summed E-state index contributed by atoms with van der Waals surface area (Å²) in [7, 11) is 1.81. The molecular weight excluding hydrogens is 182 g/mol. The average Bonchev–Trinajstić information content (AvgIpc) is 2.39. The molecule has 1 rings (SSSR count). The molecule has 0 radical (unpaired) electrons. The SMILES string of the molecule is Cc1nn(C)c(C)c1C(O)C(N)CO. The van der Waals surface area contributed by atoms with Crippen molar-refractivity contribution in [3.8, 4) is 0 Å². The molecular formula is C9H17N3O2. The minimum absolute atomic E-state index is 0.241. The van der Waals surface area contributed by atoms with Crippen LogP contribution in [0.25, 0.3) is 0 Å². The third-order valence-corrected chi connectivity index (χ3v) is 2.48. The molecule has 0 spiro atoms. The molecule has 2 atom stereocenters. The Morgan fingerprint density at radius 2 is 2.07 bits per heavy atom. The number of nitrogens with two attached hydrogens (primary N) is 1. The summed E-state index contributed by atoms with van der Waals surface area (Å²) in [6.45, 7) is 3.44. The minimum Gasteiger partial charge on any atom is -0.395 e. The second-order valence-corrected chi connectivity index (χ2v) is 3.50. The molecule has 0 aliphatic rings. The lowest BCUT2D eigenvalue weighted by Gasteiger charge is -2.16. The van der Waals surface area contributed by atoms with Crippen LogP contribution in [0.2, 0.25) is 0 Å². The van der Waals surface area contributed by atoms with E-state index < -0.39 is 12.1 Å². The van der Waals surface area contributed by atoms with Crippen LogP contribution in [0.15, 0.2) is 0 Å². The van der Waals surface area contributed by atoms with E-state index in [2.05, 4.69) is 5.10 Å². The molecule has 4 N–H and O–H groups in total. The lowest BCUT2D eigenvalue weighted by molar-refractivity contribution is 0.108. The van der Waals surface area contributed by atoms with Crippen molar-refractivity contribution in [3.63, 3.8) is 0 Å². The molecule has 0 amide bonds. The van der Waals surface area contributed by atoms with E-state index in [1.807, 2.05) is 20.9 Å². The number of aliphatic hydroxyl groups excluding tert-OH is 2. The summed E-state index contributed by atoms with van der Waals surface area (Å²) in [5, 5.41) is 22.8. The average molecular weight is 199 g/mol. The van der Waals surface area contributed by atoms with Crippen molar-refractivity contribution in [2.24, 2.45) is 12.8 Å². The van der Waals surface area contributed by atoms with Crippen LogP contribution in [0.3, 0.4) is 0 Å². The topological polar surface area (TPSA) is 84.3 Å². The van der Waals surface area contributed by atoms with Crippen molar-refractivity contribution in [2.75, 3.05) is 6.61 Å². The molecule has 5 nitrogen and oxygen atoms in total. The molecule has 80 valence electrons. The first-order valence-corrected chi connectivity index (χ1v) is 4.53. The Bertz CT molecular complexity index is 322. The van der Waals surface area contributed by atoms with Crippen molar-refractivity contribution in [3.05, 3.63) is 17.0 Å². The van der Waals surface area contributed by atoms with Crippen LogP contribution < -0.4 is 5.73 Å². The van der Waals surface area contributed by atoms with E-state index in [1.54, 1.807) is 4.68 Å². The maximum atomic E-state index is 9.83. The molecule has 2 unspecified atom stereocenters. The van der Waals surface area contributed by atoms with Gasteiger partial charge in [-0.25, -0.2) is 0 Å². The zero-order chi connectivity index (χ0) is 10.9. The fourth-order valence-electron chi connectivity index (χ4n) is 1.53. The summed E-state index contributed by atoms with van der Waals surface area (Å²) in [6.07, 6.45) is -0.853. The van der Waals surface area contributed by atoms with Gasteiger partial charge in [0.1, 0.15) is 0 Å². The Labute approximate surface area is 83.2 Å². The minimum atomic E-state index is -0.853. The fraction of sp³-hybridized carbons (Fsp3) is 0.667. The molecule has 1 aromatic rings. The van der Waals surface area contributed by atoms with E-state index in [4.69, 9.17) is 10.8 Å². The summed E-state index contributed by atoms with van der Waals surface area (Å²) in [4.78, 5) is 0. The van der Waals surface area contributed by atoms with Gasteiger partial charge in [-0.15, -0.1) is 0 Å². The number of aromatic nitrogens is 2. The number of hydrogen-bond donors (Lipinski definition) is 3. The quantitative estimate of drug-likeness (QED) is 0.606. The maximum Gasteiger partial charge on any atom is 0.0998 e. The standard InChI is InChI=1S/C9H17N3O2/c1-5-8(6(2)12(3)11-5)9(14)7(10)4-13/h7,9,13-14H,4,10H2,1-3H3. The van der Waals surface area contributed by atoms with Gasteiger partial charge in [-0.1, -0.05) is 0 Å². The first-order valence-electron chi connectivity index (χ1n) is 4.53. The molecule has 5 heteroatoms. The molecule has 1 heterocycles. The molecule has 0 saturated heterocycles. The van der Waals surface area contributed by atoms with Crippen molar-refractivity contribution >= 4 is 0 Å². The predicted octanol–water partition coefficient (Wildman–Crippen LogP) is -0.610.